The van der Waals surface area contributed by atoms with Crippen molar-refractivity contribution in [1.29, 1.82) is 0 Å². The van der Waals surface area contributed by atoms with E-state index < -0.39 is 0 Å². The Labute approximate surface area is 153 Å². The molecule has 0 aromatic carbocycles. The van der Waals surface area contributed by atoms with Crippen LogP contribution in [0.4, 0.5) is 0 Å². The standard InChI is InChI=1S/C19H25N5O2/c1-14-16(24-10-4-3-7-18(24)20-14)13-23-9-5-6-15(12-23)19-21-17(22-26-19)8-11-25-2/h3-4,7,10,15H,5-6,8-9,11-13H2,1-2H3/t15-/m0/s1. The molecule has 0 amide bonds. The van der Waals surface area contributed by atoms with Gasteiger partial charge in [-0.15, -0.1) is 0 Å². The Kier molecular flexibility index (Phi) is 4.99. The van der Waals surface area contributed by atoms with Gasteiger partial charge >= 0.3 is 0 Å². The maximum Gasteiger partial charge on any atom is 0.231 e. The number of hydrogen-bond acceptors (Lipinski definition) is 6. The normalized spacial score (nSPS) is 18.6. The zero-order valence-corrected chi connectivity index (χ0v) is 15.4. The fourth-order valence-electron chi connectivity index (χ4n) is 3.70. The fraction of sp³-hybridized carbons (Fsp3) is 0.526. The Hall–Kier alpha value is -2.25. The molecule has 3 aromatic rings. The van der Waals surface area contributed by atoms with Crippen molar-refractivity contribution in [2.24, 2.45) is 0 Å². The van der Waals surface area contributed by atoms with Crippen LogP contribution in [0.25, 0.3) is 5.65 Å². The molecule has 0 saturated carbocycles. The number of aromatic nitrogens is 4. The topological polar surface area (TPSA) is 68.7 Å². The van der Waals surface area contributed by atoms with Crippen molar-refractivity contribution >= 4 is 5.65 Å². The van der Waals surface area contributed by atoms with Crippen LogP contribution in [-0.2, 0) is 17.7 Å². The van der Waals surface area contributed by atoms with E-state index >= 15 is 0 Å². The number of imidazole rings is 1. The van der Waals surface area contributed by atoms with Gasteiger partial charge in [0, 0.05) is 32.8 Å². The number of hydrogen-bond donors (Lipinski definition) is 0. The van der Waals surface area contributed by atoms with E-state index in [4.69, 9.17) is 9.26 Å². The first-order valence-corrected chi connectivity index (χ1v) is 9.21. The predicted octanol–water partition coefficient (Wildman–Crippen LogP) is 2.59. The minimum Gasteiger partial charge on any atom is -0.384 e. The molecule has 0 radical (unpaired) electrons. The van der Waals surface area contributed by atoms with Crippen LogP contribution in [0.3, 0.4) is 0 Å². The van der Waals surface area contributed by atoms with Gasteiger partial charge in [-0.2, -0.15) is 4.98 Å². The van der Waals surface area contributed by atoms with Crippen molar-refractivity contribution in [3.05, 3.63) is 47.5 Å². The second-order valence-corrected chi connectivity index (χ2v) is 6.94. The van der Waals surface area contributed by atoms with Crippen molar-refractivity contribution in [2.45, 2.75) is 38.6 Å². The van der Waals surface area contributed by atoms with E-state index in [0.29, 0.717) is 18.9 Å². The number of nitrogens with zero attached hydrogens (tertiary/aromatic N) is 5. The van der Waals surface area contributed by atoms with E-state index in [9.17, 15) is 0 Å². The van der Waals surface area contributed by atoms with E-state index in [1.165, 1.54) is 5.69 Å². The van der Waals surface area contributed by atoms with Crippen LogP contribution in [0.2, 0.25) is 0 Å². The molecule has 4 heterocycles. The van der Waals surface area contributed by atoms with Crippen LogP contribution >= 0.6 is 0 Å². The Morgan fingerprint density at radius 3 is 3.12 bits per heavy atom. The molecular formula is C19H25N5O2. The summed E-state index contributed by atoms with van der Waals surface area (Å²) >= 11 is 0. The van der Waals surface area contributed by atoms with Crippen molar-refractivity contribution in [1.82, 2.24) is 24.4 Å². The van der Waals surface area contributed by atoms with E-state index in [1.807, 2.05) is 6.07 Å². The fourth-order valence-corrected chi connectivity index (χ4v) is 3.70. The van der Waals surface area contributed by atoms with Gasteiger partial charge in [-0.1, -0.05) is 11.2 Å². The summed E-state index contributed by atoms with van der Waals surface area (Å²) in [7, 11) is 1.68. The lowest BCUT2D eigenvalue weighted by molar-refractivity contribution is 0.177. The smallest absolute Gasteiger partial charge is 0.231 e. The van der Waals surface area contributed by atoms with Gasteiger partial charge in [0.1, 0.15) is 5.65 Å². The molecule has 0 bridgehead atoms. The van der Waals surface area contributed by atoms with Crippen LogP contribution in [0.1, 0.15) is 41.9 Å². The lowest BCUT2D eigenvalue weighted by Crippen LogP contribution is -2.34. The lowest BCUT2D eigenvalue weighted by atomic mass is 9.98. The summed E-state index contributed by atoms with van der Waals surface area (Å²) in [6.45, 7) is 5.61. The molecule has 7 heteroatoms. The van der Waals surface area contributed by atoms with Gasteiger partial charge in [-0.05, 0) is 38.4 Å². The van der Waals surface area contributed by atoms with Gasteiger partial charge in [0.05, 0.1) is 23.9 Å². The number of pyridine rings is 1. The number of fused-ring (bicyclic) bond motifs is 1. The molecule has 26 heavy (non-hydrogen) atoms. The van der Waals surface area contributed by atoms with E-state index in [2.05, 4.69) is 49.7 Å². The van der Waals surface area contributed by atoms with Gasteiger partial charge in [-0.25, -0.2) is 4.98 Å². The van der Waals surface area contributed by atoms with E-state index in [0.717, 1.165) is 55.5 Å². The Morgan fingerprint density at radius 2 is 2.23 bits per heavy atom. The van der Waals surface area contributed by atoms with Crippen molar-refractivity contribution in [2.75, 3.05) is 26.8 Å². The first-order valence-electron chi connectivity index (χ1n) is 9.21. The van der Waals surface area contributed by atoms with Crippen LogP contribution in [0.5, 0.6) is 0 Å². The molecule has 1 aliphatic rings. The van der Waals surface area contributed by atoms with E-state index in [1.54, 1.807) is 7.11 Å². The van der Waals surface area contributed by atoms with Crippen molar-refractivity contribution in [3.8, 4) is 0 Å². The molecule has 0 N–H and O–H groups in total. The third-order valence-electron chi connectivity index (χ3n) is 5.07. The summed E-state index contributed by atoms with van der Waals surface area (Å²) < 4.78 is 12.8. The average Bonchev–Trinajstić information content (AvgIpc) is 3.25. The Bertz CT molecular complexity index is 872. The molecular weight excluding hydrogens is 330 g/mol. The summed E-state index contributed by atoms with van der Waals surface area (Å²) in [6.07, 6.45) is 5.01. The number of ether oxygens (including phenoxy) is 1. The lowest BCUT2D eigenvalue weighted by Gasteiger charge is -2.30. The number of aryl methyl sites for hydroxylation is 1. The minimum absolute atomic E-state index is 0.298. The van der Waals surface area contributed by atoms with Gasteiger partial charge in [-0.3, -0.25) is 4.90 Å². The molecule has 1 atom stereocenters. The highest BCUT2D eigenvalue weighted by atomic mass is 16.5. The zero-order valence-electron chi connectivity index (χ0n) is 15.4. The van der Waals surface area contributed by atoms with Crippen molar-refractivity contribution in [3.63, 3.8) is 0 Å². The van der Waals surface area contributed by atoms with Crippen molar-refractivity contribution < 1.29 is 9.26 Å². The largest absolute Gasteiger partial charge is 0.384 e. The number of methoxy groups -OCH3 is 1. The highest BCUT2D eigenvalue weighted by Gasteiger charge is 2.27. The zero-order chi connectivity index (χ0) is 17.9. The second-order valence-electron chi connectivity index (χ2n) is 6.94. The number of piperidine rings is 1. The van der Waals surface area contributed by atoms with Crippen LogP contribution in [-0.4, -0.2) is 51.2 Å². The maximum absolute atomic E-state index is 5.52. The molecule has 7 nitrogen and oxygen atoms in total. The molecule has 3 aromatic heterocycles. The van der Waals surface area contributed by atoms with Gasteiger partial charge in [0.15, 0.2) is 5.82 Å². The molecule has 0 aliphatic carbocycles. The molecule has 0 unspecified atom stereocenters. The molecule has 1 saturated heterocycles. The maximum atomic E-state index is 5.52. The van der Waals surface area contributed by atoms with Gasteiger partial charge in [0.2, 0.25) is 5.89 Å². The summed E-state index contributed by atoms with van der Waals surface area (Å²) in [5.41, 5.74) is 3.36. The van der Waals surface area contributed by atoms with Crippen LogP contribution in [0.15, 0.2) is 28.9 Å². The number of likely N-dealkylation sites (tertiary alicyclic amines) is 1. The van der Waals surface area contributed by atoms with E-state index in [-0.39, 0.29) is 0 Å². The molecule has 1 fully saturated rings. The average molecular weight is 355 g/mol. The van der Waals surface area contributed by atoms with Crippen LogP contribution < -0.4 is 0 Å². The molecule has 4 rings (SSSR count). The monoisotopic (exact) mass is 355 g/mol. The third kappa shape index (κ3) is 3.50. The highest BCUT2D eigenvalue weighted by molar-refractivity contribution is 5.42. The summed E-state index contributed by atoms with van der Waals surface area (Å²) in [5.74, 6) is 1.79. The predicted molar refractivity (Wildman–Crippen MR) is 97.1 cm³/mol. The van der Waals surface area contributed by atoms with Crippen LogP contribution in [0, 0.1) is 6.92 Å². The molecule has 0 spiro atoms. The first kappa shape index (κ1) is 17.2. The third-order valence-corrected chi connectivity index (χ3v) is 5.07. The summed E-state index contributed by atoms with van der Waals surface area (Å²) in [4.78, 5) is 11.7. The van der Waals surface area contributed by atoms with Gasteiger partial charge in [0.25, 0.3) is 0 Å². The Morgan fingerprint density at radius 1 is 1.31 bits per heavy atom. The first-order chi connectivity index (χ1) is 12.7. The quantitative estimate of drug-likeness (QED) is 0.677. The SMILES string of the molecule is COCCc1noc([C@H]2CCCN(Cc3c(C)nc4ccccn34)C2)n1. The molecule has 138 valence electrons. The number of rotatable bonds is 6. The Balaban J connectivity index is 1.46. The minimum atomic E-state index is 0.298. The second kappa shape index (κ2) is 7.55. The highest BCUT2D eigenvalue weighted by Crippen LogP contribution is 2.27. The summed E-state index contributed by atoms with van der Waals surface area (Å²) in [6, 6.07) is 6.13. The summed E-state index contributed by atoms with van der Waals surface area (Å²) in [5, 5.41) is 4.09. The van der Waals surface area contributed by atoms with Gasteiger partial charge < -0.3 is 13.7 Å². The molecule has 1 aliphatic heterocycles.